The number of nitrogens with zero attached hydrogens (tertiary/aromatic N) is 2. The Kier molecular flexibility index (Phi) is 5.00. The average molecular weight is 368 g/mol. The topological polar surface area (TPSA) is 47.0 Å². The predicted molar refractivity (Wildman–Crippen MR) is 87.8 cm³/mol. The van der Waals surface area contributed by atoms with Gasteiger partial charge in [-0.05, 0) is 46.8 Å². The van der Waals surface area contributed by atoms with E-state index in [1.54, 1.807) is 13.3 Å². The van der Waals surface area contributed by atoms with Gasteiger partial charge in [0.15, 0.2) is 0 Å². The minimum absolute atomic E-state index is 0.0840. The lowest BCUT2D eigenvalue weighted by molar-refractivity contribution is 0.197. The van der Waals surface area contributed by atoms with Crippen LogP contribution in [0.15, 0.2) is 22.9 Å². The molecule has 0 radical (unpaired) electrons. The molecule has 112 valence electrons. The number of hydrogen-bond donors (Lipinski definition) is 1. The summed E-state index contributed by atoms with van der Waals surface area (Å²) in [6.45, 7) is 1.47. The van der Waals surface area contributed by atoms with Crippen molar-refractivity contribution in [2.24, 2.45) is 0 Å². The largest absolute Gasteiger partial charge is 0.383 e. The van der Waals surface area contributed by atoms with Crippen LogP contribution < -0.4 is 5.32 Å². The van der Waals surface area contributed by atoms with Crippen LogP contribution >= 0.6 is 27.3 Å². The van der Waals surface area contributed by atoms with Crippen molar-refractivity contribution < 1.29 is 4.74 Å². The van der Waals surface area contributed by atoms with Gasteiger partial charge in [-0.2, -0.15) is 0 Å². The number of aryl methyl sites for hydroxylation is 2. The summed E-state index contributed by atoms with van der Waals surface area (Å²) in [5.41, 5.74) is 2.42. The number of methoxy groups -OCH3 is 1. The molecule has 6 heteroatoms. The van der Waals surface area contributed by atoms with Crippen LogP contribution in [0.1, 0.15) is 33.6 Å². The molecule has 0 aromatic carbocycles. The Balaban J connectivity index is 1.87. The monoisotopic (exact) mass is 367 g/mol. The number of rotatable bonds is 6. The molecule has 0 bridgehead atoms. The molecule has 0 aliphatic heterocycles. The maximum Gasteiger partial charge on any atom is 0.115 e. The van der Waals surface area contributed by atoms with Crippen molar-refractivity contribution in [2.75, 3.05) is 20.3 Å². The van der Waals surface area contributed by atoms with Gasteiger partial charge in [0.25, 0.3) is 0 Å². The highest BCUT2D eigenvalue weighted by Gasteiger charge is 2.23. The second kappa shape index (κ2) is 6.96. The Morgan fingerprint density at radius 3 is 3.10 bits per heavy atom. The van der Waals surface area contributed by atoms with Crippen molar-refractivity contribution in [1.82, 2.24) is 15.3 Å². The van der Waals surface area contributed by atoms with Crippen LogP contribution in [-0.4, -0.2) is 30.2 Å². The molecule has 2 heterocycles. The summed E-state index contributed by atoms with van der Waals surface area (Å²) in [5, 5.41) is 4.67. The summed E-state index contributed by atoms with van der Waals surface area (Å²) < 4.78 is 6.13. The van der Waals surface area contributed by atoms with Gasteiger partial charge in [0.1, 0.15) is 5.01 Å². The Labute approximate surface area is 137 Å². The third-order valence-electron chi connectivity index (χ3n) is 3.57. The number of halogens is 1. The molecular formula is C15H18BrN3OS. The number of fused-ring (bicyclic) bond motifs is 1. The molecule has 0 fully saturated rings. The van der Waals surface area contributed by atoms with Gasteiger partial charge in [-0.25, -0.2) is 4.98 Å². The number of ether oxygens (including phenoxy) is 1. The number of nitrogens with one attached hydrogen (secondary N) is 1. The number of pyridine rings is 1. The summed E-state index contributed by atoms with van der Waals surface area (Å²) in [6, 6.07) is 2.19. The molecule has 0 spiro atoms. The highest BCUT2D eigenvalue weighted by atomic mass is 79.9. The molecular weight excluding hydrogens is 350 g/mol. The van der Waals surface area contributed by atoms with Gasteiger partial charge in [0.05, 0.1) is 18.3 Å². The van der Waals surface area contributed by atoms with Crippen LogP contribution in [0, 0.1) is 0 Å². The molecule has 2 aromatic rings. The zero-order chi connectivity index (χ0) is 14.7. The molecule has 1 N–H and O–H groups in total. The summed E-state index contributed by atoms with van der Waals surface area (Å²) >= 11 is 5.33. The van der Waals surface area contributed by atoms with Gasteiger partial charge in [-0.1, -0.05) is 0 Å². The number of aromatic nitrogens is 2. The third-order valence-corrected chi connectivity index (χ3v) is 5.23. The molecule has 1 atom stereocenters. The van der Waals surface area contributed by atoms with Crippen molar-refractivity contribution in [1.29, 1.82) is 0 Å². The van der Waals surface area contributed by atoms with Crippen LogP contribution in [0.25, 0.3) is 0 Å². The van der Waals surface area contributed by atoms with E-state index < -0.39 is 0 Å². The maximum absolute atomic E-state index is 5.14. The zero-order valence-corrected chi connectivity index (χ0v) is 14.3. The maximum atomic E-state index is 5.14. The quantitative estimate of drug-likeness (QED) is 0.796. The fourth-order valence-corrected chi connectivity index (χ4v) is 4.21. The zero-order valence-electron chi connectivity index (χ0n) is 11.9. The second-order valence-electron chi connectivity index (χ2n) is 5.09. The minimum Gasteiger partial charge on any atom is -0.383 e. The van der Waals surface area contributed by atoms with Crippen LogP contribution in [0.2, 0.25) is 0 Å². The van der Waals surface area contributed by atoms with Crippen LogP contribution in [0.4, 0.5) is 0 Å². The van der Waals surface area contributed by atoms with E-state index in [0.29, 0.717) is 6.61 Å². The molecule has 0 saturated carbocycles. The SMILES string of the molecule is COCCNC(c1cncc(Br)c1)c1nc2c(s1)CCC2. The Bertz CT molecular complexity index is 595. The molecule has 1 aliphatic carbocycles. The lowest BCUT2D eigenvalue weighted by Crippen LogP contribution is -2.26. The highest BCUT2D eigenvalue weighted by Crippen LogP contribution is 2.33. The number of hydrogen-bond acceptors (Lipinski definition) is 5. The van der Waals surface area contributed by atoms with E-state index in [2.05, 4.69) is 32.3 Å². The van der Waals surface area contributed by atoms with E-state index in [-0.39, 0.29) is 6.04 Å². The molecule has 2 aromatic heterocycles. The second-order valence-corrected chi connectivity index (χ2v) is 7.12. The van der Waals surface area contributed by atoms with Crippen LogP contribution in [0.3, 0.4) is 0 Å². The van der Waals surface area contributed by atoms with Gasteiger partial charge in [-0.3, -0.25) is 4.98 Å². The molecule has 0 saturated heterocycles. The summed E-state index contributed by atoms with van der Waals surface area (Å²) in [4.78, 5) is 10.6. The van der Waals surface area contributed by atoms with Crippen LogP contribution in [-0.2, 0) is 17.6 Å². The standard InChI is InChI=1S/C15H18BrN3OS/c1-20-6-5-18-14(10-7-11(16)9-17-8-10)15-19-12-3-2-4-13(12)21-15/h7-9,14,18H,2-6H2,1H3. The molecule has 21 heavy (non-hydrogen) atoms. The lowest BCUT2D eigenvalue weighted by Gasteiger charge is -2.17. The fraction of sp³-hybridized carbons (Fsp3) is 0.467. The first-order valence-electron chi connectivity index (χ1n) is 7.09. The van der Waals surface area contributed by atoms with E-state index in [9.17, 15) is 0 Å². The third kappa shape index (κ3) is 3.51. The van der Waals surface area contributed by atoms with Crippen LogP contribution in [0.5, 0.6) is 0 Å². The normalized spacial score (nSPS) is 15.1. The molecule has 4 nitrogen and oxygen atoms in total. The first kappa shape index (κ1) is 15.1. The highest BCUT2D eigenvalue weighted by molar-refractivity contribution is 9.10. The van der Waals surface area contributed by atoms with Gasteiger partial charge < -0.3 is 10.1 Å². The first-order valence-corrected chi connectivity index (χ1v) is 8.70. The first-order chi connectivity index (χ1) is 10.3. The summed E-state index contributed by atoms with van der Waals surface area (Å²) in [6.07, 6.45) is 7.25. The van der Waals surface area contributed by atoms with Crippen molar-refractivity contribution in [2.45, 2.75) is 25.3 Å². The molecule has 1 unspecified atom stereocenters. The molecule has 1 aliphatic rings. The lowest BCUT2D eigenvalue weighted by atomic mass is 10.1. The molecule has 0 amide bonds. The predicted octanol–water partition coefficient (Wildman–Crippen LogP) is 3.11. The minimum atomic E-state index is 0.0840. The number of thiazole rings is 1. The van der Waals surface area contributed by atoms with Crippen molar-refractivity contribution >= 4 is 27.3 Å². The smallest absolute Gasteiger partial charge is 0.115 e. The van der Waals surface area contributed by atoms with Gasteiger partial charge in [-0.15, -0.1) is 11.3 Å². The Morgan fingerprint density at radius 1 is 1.43 bits per heavy atom. The average Bonchev–Trinajstić information content (AvgIpc) is 3.05. The fourth-order valence-electron chi connectivity index (χ4n) is 2.57. The van der Waals surface area contributed by atoms with Gasteiger partial charge >= 0.3 is 0 Å². The van der Waals surface area contributed by atoms with E-state index in [1.807, 2.05) is 17.5 Å². The Hall–Kier alpha value is -0.820. The van der Waals surface area contributed by atoms with E-state index in [1.165, 1.54) is 23.4 Å². The van der Waals surface area contributed by atoms with E-state index in [0.717, 1.165) is 28.0 Å². The van der Waals surface area contributed by atoms with E-state index in [4.69, 9.17) is 9.72 Å². The summed E-state index contributed by atoms with van der Waals surface area (Å²) in [5.74, 6) is 0. The Morgan fingerprint density at radius 2 is 2.33 bits per heavy atom. The van der Waals surface area contributed by atoms with Crippen molar-refractivity contribution in [3.05, 3.63) is 44.1 Å². The van der Waals surface area contributed by atoms with E-state index >= 15 is 0 Å². The summed E-state index contributed by atoms with van der Waals surface area (Å²) in [7, 11) is 1.72. The van der Waals surface area contributed by atoms with Crippen molar-refractivity contribution in [3.8, 4) is 0 Å². The van der Waals surface area contributed by atoms with Gasteiger partial charge in [0, 0.05) is 35.4 Å². The van der Waals surface area contributed by atoms with Crippen molar-refractivity contribution in [3.63, 3.8) is 0 Å². The van der Waals surface area contributed by atoms with Gasteiger partial charge in [0.2, 0.25) is 0 Å². The molecule has 3 rings (SSSR count).